The number of rotatable bonds is 29. The quantitative estimate of drug-likeness (QED) is 0.0899. The maximum absolute atomic E-state index is 11.8. The lowest BCUT2D eigenvalue weighted by Crippen LogP contribution is -2.36. The van der Waals surface area contributed by atoms with Gasteiger partial charge in [0.1, 0.15) is 12.2 Å². The van der Waals surface area contributed by atoms with Gasteiger partial charge in [-0.05, 0) is 20.8 Å². The van der Waals surface area contributed by atoms with E-state index in [4.69, 9.17) is 47.4 Å². The minimum Gasteiger partial charge on any atom is -0.467 e. The summed E-state index contributed by atoms with van der Waals surface area (Å²) in [6, 6.07) is 0. The molecule has 0 rings (SSSR count). The first-order chi connectivity index (χ1) is 19.8. The Morgan fingerprint density at radius 3 is 1.10 bits per heavy atom. The van der Waals surface area contributed by atoms with Crippen LogP contribution in [-0.2, 0) is 56.9 Å². The number of nitrogens with zero attached hydrogens (tertiary/aromatic N) is 1. The molecule has 0 saturated carbocycles. The van der Waals surface area contributed by atoms with Crippen LogP contribution in [0.2, 0.25) is 0 Å². The molecule has 0 heterocycles. The maximum Gasteiger partial charge on any atom is 0.410 e. The molecule has 0 spiro atoms. The minimum absolute atomic E-state index is 0.0732. The molecular formula is C27H53NO13. The number of hydrogen-bond donors (Lipinski definition) is 0. The van der Waals surface area contributed by atoms with Crippen LogP contribution in [0.3, 0.4) is 0 Å². The van der Waals surface area contributed by atoms with E-state index in [9.17, 15) is 9.59 Å². The summed E-state index contributed by atoms with van der Waals surface area (Å²) in [6.45, 7) is 13.6. The zero-order chi connectivity index (χ0) is 30.4. The minimum atomic E-state index is -0.511. The third-order valence-corrected chi connectivity index (χ3v) is 4.70. The van der Waals surface area contributed by atoms with Gasteiger partial charge in [0.05, 0.1) is 119 Å². The Morgan fingerprint density at radius 1 is 0.512 bits per heavy atom. The standard InChI is InChI=1S/C27H53NO13/c1-27(2,3)41-26(30)28(4)6-7-32-8-9-33-10-11-34-12-13-35-14-15-36-16-17-37-18-19-38-20-21-39-22-23-40-24-25(29)31-5/h6-24H2,1-5H3. The molecule has 41 heavy (non-hydrogen) atoms. The molecule has 0 bridgehead atoms. The van der Waals surface area contributed by atoms with Crippen molar-refractivity contribution >= 4 is 12.1 Å². The van der Waals surface area contributed by atoms with Gasteiger partial charge >= 0.3 is 12.1 Å². The molecule has 0 unspecified atom stereocenters. The van der Waals surface area contributed by atoms with Crippen molar-refractivity contribution in [3.63, 3.8) is 0 Å². The topological polar surface area (TPSA) is 139 Å². The first kappa shape index (κ1) is 39.4. The van der Waals surface area contributed by atoms with Crippen molar-refractivity contribution in [3.8, 4) is 0 Å². The molecule has 0 aromatic rings. The molecule has 0 N–H and O–H groups in total. The van der Waals surface area contributed by atoms with Gasteiger partial charge in [-0.25, -0.2) is 9.59 Å². The van der Waals surface area contributed by atoms with Crippen molar-refractivity contribution < 1.29 is 61.7 Å². The molecule has 0 saturated heterocycles. The average Bonchev–Trinajstić information content (AvgIpc) is 2.93. The van der Waals surface area contributed by atoms with E-state index < -0.39 is 11.6 Å². The second-order valence-corrected chi connectivity index (χ2v) is 9.43. The van der Waals surface area contributed by atoms with Crippen LogP contribution in [0.1, 0.15) is 20.8 Å². The highest BCUT2D eigenvalue weighted by molar-refractivity contribution is 5.70. The molecule has 0 aliphatic heterocycles. The molecule has 244 valence electrons. The summed E-state index contributed by atoms with van der Waals surface area (Å²) in [4.78, 5) is 24.2. The molecule has 0 fully saturated rings. The van der Waals surface area contributed by atoms with Gasteiger partial charge in [-0.2, -0.15) is 0 Å². The molecule has 0 atom stereocenters. The molecule has 14 heteroatoms. The van der Waals surface area contributed by atoms with Crippen molar-refractivity contribution in [3.05, 3.63) is 0 Å². The lowest BCUT2D eigenvalue weighted by Gasteiger charge is -2.24. The predicted octanol–water partition coefficient (Wildman–Crippen LogP) is 1.18. The van der Waals surface area contributed by atoms with Crippen LogP contribution < -0.4 is 0 Å². The van der Waals surface area contributed by atoms with Crippen LogP contribution in [-0.4, -0.2) is 162 Å². The molecule has 0 radical (unpaired) electrons. The van der Waals surface area contributed by atoms with Crippen LogP contribution >= 0.6 is 0 Å². The fourth-order valence-corrected chi connectivity index (χ4v) is 2.61. The van der Waals surface area contributed by atoms with Crippen LogP contribution in [0, 0.1) is 0 Å². The molecular weight excluding hydrogens is 546 g/mol. The van der Waals surface area contributed by atoms with Crippen molar-refractivity contribution in [2.24, 2.45) is 0 Å². The Bertz CT molecular complexity index is 604. The summed E-state index contributed by atoms with van der Waals surface area (Å²) < 4.78 is 58.2. The van der Waals surface area contributed by atoms with E-state index in [0.29, 0.717) is 119 Å². The Labute approximate surface area is 245 Å². The number of likely N-dealkylation sites (N-methyl/N-ethyl adjacent to an activating group) is 1. The van der Waals surface area contributed by atoms with Gasteiger partial charge in [-0.1, -0.05) is 0 Å². The number of esters is 1. The lowest BCUT2D eigenvalue weighted by molar-refractivity contribution is -0.146. The molecule has 0 aliphatic carbocycles. The first-order valence-electron chi connectivity index (χ1n) is 14.0. The molecule has 0 aromatic heterocycles. The Kier molecular flexibility index (Phi) is 27.4. The molecule has 0 aromatic carbocycles. The second-order valence-electron chi connectivity index (χ2n) is 9.43. The number of hydrogen-bond acceptors (Lipinski definition) is 13. The number of carbonyl (C=O) groups excluding carboxylic acids is 2. The summed E-state index contributed by atoms with van der Waals surface area (Å²) in [5.41, 5.74) is -0.511. The zero-order valence-corrected chi connectivity index (χ0v) is 25.7. The Hall–Kier alpha value is -1.62. The van der Waals surface area contributed by atoms with E-state index >= 15 is 0 Å². The summed E-state index contributed by atoms with van der Waals surface area (Å²) in [5, 5.41) is 0. The van der Waals surface area contributed by atoms with Gasteiger partial charge in [0.2, 0.25) is 0 Å². The van der Waals surface area contributed by atoms with Crippen LogP contribution in [0.25, 0.3) is 0 Å². The summed E-state index contributed by atoms with van der Waals surface area (Å²) in [7, 11) is 2.99. The highest BCUT2D eigenvalue weighted by Gasteiger charge is 2.19. The van der Waals surface area contributed by atoms with Crippen LogP contribution in [0.4, 0.5) is 4.79 Å². The van der Waals surface area contributed by atoms with E-state index in [2.05, 4.69) is 4.74 Å². The van der Waals surface area contributed by atoms with Crippen molar-refractivity contribution in [2.45, 2.75) is 26.4 Å². The number of methoxy groups -OCH3 is 1. The van der Waals surface area contributed by atoms with E-state index in [1.807, 2.05) is 20.8 Å². The first-order valence-corrected chi connectivity index (χ1v) is 14.0. The van der Waals surface area contributed by atoms with Gasteiger partial charge in [0.15, 0.2) is 0 Å². The third kappa shape index (κ3) is 31.2. The summed E-state index contributed by atoms with van der Waals surface area (Å²) in [6.07, 6.45) is -0.368. The number of ether oxygens (including phenoxy) is 11. The number of amides is 1. The summed E-state index contributed by atoms with van der Waals surface area (Å²) in [5.74, 6) is -0.411. The fraction of sp³-hybridized carbons (Fsp3) is 0.926. The smallest absolute Gasteiger partial charge is 0.410 e. The van der Waals surface area contributed by atoms with E-state index in [1.54, 1.807) is 7.05 Å². The van der Waals surface area contributed by atoms with Gasteiger partial charge in [0, 0.05) is 13.6 Å². The summed E-state index contributed by atoms with van der Waals surface area (Å²) >= 11 is 0. The highest BCUT2D eigenvalue weighted by atomic mass is 16.6. The monoisotopic (exact) mass is 599 g/mol. The molecule has 14 nitrogen and oxygen atoms in total. The van der Waals surface area contributed by atoms with Gasteiger partial charge in [0.25, 0.3) is 0 Å². The third-order valence-electron chi connectivity index (χ3n) is 4.70. The second kappa shape index (κ2) is 28.5. The normalized spacial score (nSPS) is 11.5. The van der Waals surface area contributed by atoms with Gasteiger partial charge in [-0.3, -0.25) is 0 Å². The van der Waals surface area contributed by atoms with Crippen molar-refractivity contribution in [1.29, 1.82) is 0 Å². The fourth-order valence-electron chi connectivity index (χ4n) is 2.61. The Balaban J connectivity index is 3.17. The maximum atomic E-state index is 11.8. The number of carbonyl (C=O) groups is 2. The van der Waals surface area contributed by atoms with Gasteiger partial charge < -0.3 is 57.0 Å². The van der Waals surface area contributed by atoms with Gasteiger partial charge in [-0.15, -0.1) is 0 Å². The van der Waals surface area contributed by atoms with Crippen molar-refractivity contribution in [2.75, 3.05) is 140 Å². The molecule has 1 amide bonds. The predicted molar refractivity (Wildman–Crippen MR) is 148 cm³/mol. The Morgan fingerprint density at radius 2 is 0.805 bits per heavy atom. The lowest BCUT2D eigenvalue weighted by atomic mass is 10.2. The highest BCUT2D eigenvalue weighted by Crippen LogP contribution is 2.08. The van der Waals surface area contributed by atoms with Crippen LogP contribution in [0.5, 0.6) is 0 Å². The largest absolute Gasteiger partial charge is 0.467 e. The van der Waals surface area contributed by atoms with E-state index in [1.165, 1.54) is 12.0 Å². The average molecular weight is 600 g/mol. The zero-order valence-electron chi connectivity index (χ0n) is 25.7. The van der Waals surface area contributed by atoms with E-state index in [0.717, 1.165) is 0 Å². The van der Waals surface area contributed by atoms with Crippen LogP contribution in [0.15, 0.2) is 0 Å². The van der Waals surface area contributed by atoms with E-state index in [-0.39, 0.29) is 12.7 Å². The SMILES string of the molecule is COC(=O)COCCOCCOCCOCCOCCOCCOCCOCCOCCN(C)C(=O)OC(C)(C)C. The van der Waals surface area contributed by atoms with Crippen molar-refractivity contribution in [1.82, 2.24) is 4.90 Å². The molecule has 0 aliphatic rings.